The van der Waals surface area contributed by atoms with Crippen molar-refractivity contribution in [2.75, 3.05) is 0 Å². The summed E-state index contributed by atoms with van der Waals surface area (Å²) in [4.78, 5) is 10.9. The van der Waals surface area contributed by atoms with Crippen LogP contribution in [0.25, 0.3) is 0 Å². The molecule has 0 aromatic carbocycles. The molecule has 1 saturated carbocycles. The first-order chi connectivity index (χ1) is 5.63. The summed E-state index contributed by atoms with van der Waals surface area (Å²) in [6.07, 6.45) is 4.55. The van der Waals surface area contributed by atoms with Crippen LogP contribution in [0.4, 0.5) is 0 Å². The smallest absolute Gasteiger partial charge is 0.127 e. The van der Waals surface area contributed by atoms with Gasteiger partial charge in [-0.2, -0.15) is 0 Å². The van der Waals surface area contributed by atoms with Gasteiger partial charge in [0.25, 0.3) is 0 Å². The molecule has 3 unspecified atom stereocenters. The average Bonchev–Trinajstić information content (AvgIpc) is 2.70. The van der Waals surface area contributed by atoms with E-state index in [9.17, 15) is 4.79 Å². The maximum atomic E-state index is 10.9. The topological polar surface area (TPSA) is 17.1 Å². The van der Waals surface area contributed by atoms with Crippen molar-refractivity contribution in [3.63, 3.8) is 0 Å². The number of carbonyl (C=O) groups is 1. The standard InChI is InChI=1S/C11H16O/c1-7(2)11-5-10(11)8(3)4-9(11)6-12/h4,6-7,9-10H,5H2,1-3H3. The normalized spacial score (nSPS) is 44.2. The molecule has 1 fully saturated rings. The van der Waals surface area contributed by atoms with Gasteiger partial charge in [-0.05, 0) is 30.6 Å². The van der Waals surface area contributed by atoms with Crippen molar-refractivity contribution in [3.05, 3.63) is 11.6 Å². The Labute approximate surface area is 73.8 Å². The Morgan fingerprint density at radius 1 is 1.67 bits per heavy atom. The molecule has 0 radical (unpaired) electrons. The van der Waals surface area contributed by atoms with Crippen molar-refractivity contribution in [2.24, 2.45) is 23.2 Å². The van der Waals surface area contributed by atoms with E-state index in [4.69, 9.17) is 0 Å². The van der Waals surface area contributed by atoms with Crippen LogP contribution in [0.1, 0.15) is 27.2 Å². The molecule has 0 saturated heterocycles. The zero-order valence-corrected chi connectivity index (χ0v) is 8.00. The van der Waals surface area contributed by atoms with E-state index in [-0.39, 0.29) is 5.92 Å². The molecule has 1 nitrogen and oxygen atoms in total. The van der Waals surface area contributed by atoms with Crippen molar-refractivity contribution in [3.8, 4) is 0 Å². The second kappa shape index (κ2) is 2.21. The van der Waals surface area contributed by atoms with E-state index in [1.54, 1.807) is 0 Å². The summed E-state index contributed by atoms with van der Waals surface area (Å²) in [5.41, 5.74) is 1.78. The van der Waals surface area contributed by atoms with Gasteiger partial charge in [0.2, 0.25) is 0 Å². The van der Waals surface area contributed by atoms with Gasteiger partial charge in [0.15, 0.2) is 0 Å². The molecule has 2 aliphatic carbocycles. The highest BCUT2D eigenvalue weighted by Crippen LogP contribution is 2.69. The molecule has 2 aliphatic rings. The molecule has 0 spiro atoms. The van der Waals surface area contributed by atoms with Crippen LogP contribution in [0, 0.1) is 23.2 Å². The van der Waals surface area contributed by atoms with Crippen molar-refractivity contribution < 1.29 is 4.79 Å². The Hall–Kier alpha value is -0.590. The fraction of sp³-hybridized carbons (Fsp3) is 0.727. The molecule has 66 valence electrons. The molecule has 3 atom stereocenters. The molecule has 0 aliphatic heterocycles. The first-order valence-corrected chi connectivity index (χ1v) is 4.76. The number of hydrogen-bond donors (Lipinski definition) is 0. The number of fused-ring (bicyclic) bond motifs is 1. The Morgan fingerprint density at radius 3 is 2.67 bits per heavy atom. The van der Waals surface area contributed by atoms with Crippen LogP contribution in [-0.2, 0) is 4.79 Å². The minimum Gasteiger partial charge on any atom is -0.303 e. The third kappa shape index (κ3) is 0.720. The minimum atomic E-state index is 0.211. The van der Waals surface area contributed by atoms with E-state index in [1.165, 1.54) is 12.0 Å². The van der Waals surface area contributed by atoms with Crippen LogP contribution in [0.2, 0.25) is 0 Å². The van der Waals surface area contributed by atoms with Crippen molar-refractivity contribution >= 4 is 6.29 Å². The van der Waals surface area contributed by atoms with E-state index in [1.807, 2.05) is 0 Å². The van der Waals surface area contributed by atoms with Gasteiger partial charge in [-0.1, -0.05) is 25.5 Å². The van der Waals surface area contributed by atoms with Gasteiger partial charge < -0.3 is 4.79 Å². The van der Waals surface area contributed by atoms with Crippen molar-refractivity contribution in [2.45, 2.75) is 27.2 Å². The molecular weight excluding hydrogens is 148 g/mol. The Balaban J connectivity index is 2.29. The molecule has 2 rings (SSSR count). The van der Waals surface area contributed by atoms with E-state index >= 15 is 0 Å². The maximum absolute atomic E-state index is 10.9. The van der Waals surface area contributed by atoms with E-state index in [2.05, 4.69) is 26.8 Å². The van der Waals surface area contributed by atoms with Crippen LogP contribution in [0.3, 0.4) is 0 Å². The summed E-state index contributed by atoms with van der Waals surface area (Å²) in [7, 11) is 0. The molecule has 0 aromatic rings. The molecule has 0 heterocycles. The third-order valence-electron chi connectivity index (χ3n) is 3.88. The lowest BCUT2D eigenvalue weighted by molar-refractivity contribution is -0.111. The van der Waals surface area contributed by atoms with Gasteiger partial charge in [0.05, 0.1) is 0 Å². The Morgan fingerprint density at radius 2 is 2.33 bits per heavy atom. The fourth-order valence-electron chi connectivity index (χ4n) is 2.99. The summed E-state index contributed by atoms with van der Waals surface area (Å²) >= 11 is 0. The second-order valence-corrected chi connectivity index (χ2v) is 4.60. The van der Waals surface area contributed by atoms with E-state index in [0.717, 1.165) is 12.2 Å². The quantitative estimate of drug-likeness (QED) is 0.452. The zero-order valence-electron chi connectivity index (χ0n) is 8.00. The minimum absolute atomic E-state index is 0.211. The largest absolute Gasteiger partial charge is 0.303 e. The summed E-state index contributed by atoms with van der Waals surface area (Å²) in [6, 6.07) is 0. The van der Waals surface area contributed by atoms with Gasteiger partial charge in [-0.25, -0.2) is 0 Å². The number of allylic oxidation sites excluding steroid dienone is 2. The zero-order chi connectivity index (χ0) is 8.93. The van der Waals surface area contributed by atoms with Gasteiger partial charge in [-0.3, -0.25) is 0 Å². The van der Waals surface area contributed by atoms with Crippen LogP contribution in [0.15, 0.2) is 11.6 Å². The lowest BCUT2D eigenvalue weighted by Crippen LogP contribution is -2.20. The first kappa shape index (κ1) is 8.03. The lowest BCUT2D eigenvalue weighted by Gasteiger charge is -2.21. The van der Waals surface area contributed by atoms with Crippen molar-refractivity contribution in [1.82, 2.24) is 0 Å². The van der Waals surface area contributed by atoms with Gasteiger partial charge in [0, 0.05) is 5.92 Å². The summed E-state index contributed by atoms with van der Waals surface area (Å²) < 4.78 is 0. The van der Waals surface area contributed by atoms with Crippen LogP contribution < -0.4 is 0 Å². The van der Waals surface area contributed by atoms with Crippen LogP contribution in [-0.4, -0.2) is 6.29 Å². The predicted octanol–water partition coefficient (Wildman–Crippen LogP) is 2.42. The Bertz CT molecular complexity index is 252. The number of aldehydes is 1. The van der Waals surface area contributed by atoms with Crippen LogP contribution >= 0.6 is 0 Å². The van der Waals surface area contributed by atoms with E-state index < -0.39 is 0 Å². The predicted molar refractivity (Wildman–Crippen MR) is 48.7 cm³/mol. The number of rotatable bonds is 2. The fourth-order valence-corrected chi connectivity index (χ4v) is 2.99. The number of carbonyl (C=O) groups excluding carboxylic acids is 1. The number of hydrogen-bond acceptors (Lipinski definition) is 1. The molecule has 12 heavy (non-hydrogen) atoms. The highest BCUT2D eigenvalue weighted by Gasteiger charge is 2.63. The lowest BCUT2D eigenvalue weighted by atomic mass is 9.82. The molecule has 0 amide bonds. The third-order valence-corrected chi connectivity index (χ3v) is 3.88. The monoisotopic (exact) mass is 164 g/mol. The molecular formula is C11H16O. The molecule has 1 heteroatoms. The van der Waals surface area contributed by atoms with Gasteiger partial charge >= 0.3 is 0 Å². The first-order valence-electron chi connectivity index (χ1n) is 4.76. The molecule has 0 N–H and O–H groups in total. The van der Waals surface area contributed by atoms with E-state index in [0.29, 0.717) is 11.3 Å². The molecule has 0 bridgehead atoms. The summed E-state index contributed by atoms with van der Waals surface area (Å²) in [5, 5.41) is 0. The maximum Gasteiger partial charge on any atom is 0.127 e. The van der Waals surface area contributed by atoms with Crippen LogP contribution in [0.5, 0.6) is 0 Å². The highest BCUT2D eigenvalue weighted by molar-refractivity contribution is 5.63. The average molecular weight is 164 g/mol. The highest BCUT2D eigenvalue weighted by atomic mass is 16.1. The summed E-state index contributed by atoms with van der Waals surface area (Å²) in [5.74, 6) is 1.58. The van der Waals surface area contributed by atoms with Crippen molar-refractivity contribution in [1.29, 1.82) is 0 Å². The summed E-state index contributed by atoms with van der Waals surface area (Å²) in [6.45, 7) is 6.64. The Kier molecular flexibility index (Phi) is 1.48. The second-order valence-electron chi connectivity index (χ2n) is 4.60. The molecule has 0 aromatic heterocycles. The van der Waals surface area contributed by atoms with Gasteiger partial charge in [-0.15, -0.1) is 0 Å². The SMILES string of the molecule is CC1=CC(C=O)C2(C(C)C)CC12. The van der Waals surface area contributed by atoms with Gasteiger partial charge in [0.1, 0.15) is 6.29 Å².